The fourth-order valence-electron chi connectivity index (χ4n) is 3.18. The highest BCUT2D eigenvalue weighted by Gasteiger charge is 2.16. The molecule has 4 rings (SSSR count). The first-order valence-electron chi connectivity index (χ1n) is 8.18. The quantitative estimate of drug-likeness (QED) is 0.485. The molecular formula is C21H17BrN2O. The van der Waals surface area contributed by atoms with Crippen molar-refractivity contribution in [1.29, 1.82) is 0 Å². The number of nitrogens with zero attached hydrogens (tertiary/aromatic N) is 1. The van der Waals surface area contributed by atoms with Gasteiger partial charge in [-0.25, -0.2) is 0 Å². The molecule has 1 atom stereocenters. The summed E-state index contributed by atoms with van der Waals surface area (Å²) in [4.78, 5) is 16.3. The van der Waals surface area contributed by atoms with Gasteiger partial charge in [0, 0.05) is 39.4 Å². The molecule has 4 aromatic rings. The SMILES string of the molecule is CC(c1cc(Br)cc(C(=O)n2ccc3ccccc32)c1)c1ccc[nH]1. The maximum Gasteiger partial charge on any atom is 0.262 e. The molecule has 0 aliphatic carbocycles. The van der Waals surface area contributed by atoms with E-state index in [0.717, 1.165) is 26.6 Å². The molecule has 1 N–H and O–H groups in total. The van der Waals surface area contributed by atoms with Gasteiger partial charge in [-0.15, -0.1) is 0 Å². The predicted molar refractivity (Wildman–Crippen MR) is 104 cm³/mol. The van der Waals surface area contributed by atoms with Gasteiger partial charge < -0.3 is 4.98 Å². The second kappa shape index (κ2) is 6.37. The molecule has 0 amide bonds. The summed E-state index contributed by atoms with van der Waals surface area (Å²) in [6, 6.07) is 19.8. The third kappa shape index (κ3) is 2.94. The number of hydrogen-bond acceptors (Lipinski definition) is 1. The Morgan fingerprint density at radius 3 is 2.72 bits per heavy atom. The summed E-state index contributed by atoms with van der Waals surface area (Å²) in [6.45, 7) is 2.13. The largest absolute Gasteiger partial charge is 0.364 e. The van der Waals surface area contributed by atoms with Gasteiger partial charge in [-0.05, 0) is 48.0 Å². The highest BCUT2D eigenvalue weighted by atomic mass is 79.9. The topological polar surface area (TPSA) is 37.8 Å². The molecule has 25 heavy (non-hydrogen) atoms. The third-order valence-corrected chi connectivity index (χ3v) is 5.03. The van der Waals surface area contributed by atoms with E-state index in [9.17, 15) is 4.79 Å². The monoisotopic (exact) mass is 392 g/mol. The van der Waals surface area contributed by atoms with Gasteiger partial charge in [0.25, 0.3) is 5.91 Å². The molecule has 2 heterocycles. The number of aromatic amines is 1. The van der Waals surface area contributed by atoms with E-state index >= 15 is 0 Å². The molecule has 2 aromatic heterocycles. The summed E-state index contributed by atoms with van der Waals surface area (Å²) in [6.07, 6.45) is 3.75. The molecule has 0 fully saturated rings. The van der Waals surface area contributed by atoms with Crippen molar-refractivity contribution in [2.24, 2.45) is 0 Å². The standard InChI is InChI=1S/C21H17BrN2O/c1-14(19-6-4-9-23-19)16-11-17(13-18(22)12-16)21(25)24-10-8-15-5-2-3-7-20(15)24/h2-14,23H,1H3. The van der Waals surface area contributed by atoms with Crippen LogP contribution < -0.4 is 0 Å². The Morgan fingerprint density at radius 1 is 1.08 bits per heavy atom. The Hall–Kier alpha value is -2.59. The van der Waals surface area contributed by atoms with Crippen molar-refractivity contribution in [3.05, 3.63) is 94.4 Å². The molecule has 0 aliphatic rings. The Balaban J connectivity index is 1.76. The zero-order chi connectivity index (χ0) is 17.4. The Labute approximate surface area is 154 Å². The van der Waals surface area contributed by atoms with E-state index in [4.69, 9.17) is 0 Å². The molecule has 2 aromatic carbocycles. The molecule has 0 saturated heterocycles. The van der Waals surface area contributed by atoms with Gasteiger partial charge in [-0.1, -0.05) is 41.1 Å². The summed E-state index contributed by atoms with van der Waals surface area (Å²) in [5.41, 5.74) is 3.81. The number of para-hydroxylation sites is 1. The van der Waals surface area contributed by atoms with E-state index in [1.54, 1.807) is 4.57 Å². The number of carbonyl (C=O) groups excluding carboxylic acids is 1. The van der Waals surface area contributed by atoms with E-state index in [1.165, 1.54) is 0 Å². The van der Waals surface area contributed by atoms with Gasteiger partial charge in [-0.2, -0.15) is 0 Å². The fraction of sp³-hybridized carbons (Fsp3) is 0.0952. The second-order valence-electron chi connectivity index (χ2n) is 6.17. The lowest BCUT2D eigenvalue weighted by molar-refractivity contribution is 0.0965. The summed E-state index contributed by atoms with van der Waals surface area (Å²) >= 11 is 3.55. The Morgan fingerprint density at radius 2 is 1.92 bits per heavy atom. The minimum atomic E-state index is -0.0255. The zero-order valence-electron chi connectivity index (χ0n) is 13.7. The van der Waals surface area contributed by atoms with Crippen LogP contribution in [0.2, 0.25) is 0 Å². The number of nitrogens with one attached hydrogen (secondary N) is 1. The minimum absolute atomic E-state index is 0.0255. The highest BCUT2D eigenvalue weighted by molar-refractivity contribution is 9.10. The van der Waals surface area contributed by atoms with Crippen LogP contribution in [0.25, 0.3) is 10.9 Å². The maximum atomic E-state index is 13.1. The van der Waals surface area contributed by atoms with Gasteiger partial charge >= 0.3 is 0 Å². The number of benzene rings is 2. The number of fused-ring (bicyclic) bond motifs is 1. The zero-order valence-corrected chi connectivity index (χ0v) is 15.3. The number of rotatable bonds is 3. The first-order valence-corrected chi connectivity index (χ1v) is 8.97. The van der Waals surface area contributed by atoms with Crippen molar-refractivity contribution < 1.29 is 4.79 Å². The predicted octanol–water partition coefficient (Wildman–Crippen LogP) is 5.57. The van der Waals surface area contributed by atoms with Crippen LogP contribution >= 0.6 is 15.9 Å². The first kappa shape index (κ1) is 15.9. The summed E-state index contributed by atoms with van der Waals surface area (Å²) in [5, 5.41) is 1.06. The summed E-state index contributed by atoms with van der Waals surface area (Å²) < 4.78 is 2.61. The van der Waals surface area contributed by atoms with E-state index < -0.39 is 0 Å². The Bertz CT molecular complexity index is 1050. The molecular weight excluding hydrogens is 376 g/mol. The lowest BCUT2D eigenvalue weighted by Gasteiger charge is -2.13. The molecule has 4 heteroatoms. The van der Waals surface area contributed by atoms with E-state index in [0.29, 0.717) is 5.56 Å². The van der Waals surface area contributed by atoms with Gasteiger partial charge in [0.05, 0.1) is 5.52 Å². The van der Waals surface area contributed by atoms with Crippen molar-refractivity contribution in [2.45, 2.75) is 12.8 Å². The number of carbonyl (C=O) groups is 1. The lowest BCUT2D eigenvalue weighted by Crippen LogP contribution is -2.11. The van der Waals surface area contributed by atoms with Crippen molar-refractivity contribution in [2.75, 3.05) is 0 Å². The van der Waals surface area contributed by atoms with Gasteiger partial charge in [-0.3, -0.25) is 9.36 Å². The van der Waals surface area contributed by atoms with Crippen LogP contribution in [0.5, 0.6) is 0 Å². The van der Waals surface area contributed by atoms with Gasteiger partial charge in [0.1, 0.15) is 0 Å². The molecule has 0 saturated carbocycles. The second-order valence-corrected chi connectivity index (χ2v) is 7.09. The van der Waals surface area contributed by atoms with Crippen molar-refractivity contribution >= 4 is 32.7 Å². The summed E-state index contributed by atoms with van der Waals surface area (Å²) in [5.74, 6) is 0.155. The molecule has 0 spiro atoms. The molecule has 1 unspecified atom stereocenters. The molecule has 0 bridgehead atoms. The smallest absolute Gasteiger partial charge is 0.262 e. The van der Waals surface area contributed by atoms with Crippen molar-refractivity contribution in [3.8, 4) is 0 Å². The van der Waals surface area contributed by atoms with Gasteiger partial charge in [0.2, 0.25) is 0 Å². The third-order valence-electron chi connectivity index (χ3n) is 4.57. The highest BCUT2D eigenvalue weighted by Crippen LogP contribution is 2.28. The normalized spacial score (nSPS) is 12.4. The van der Waals surface area contributed by atoms with Crippen LogP contribution in [0.15, 0.2) is 77.5 Å². The van der Waals surface area contributed by atoms with E-state index in [1.807, 2.05) is 60.9 Å². The summed E-state index contributed by atoms with van der Waals surface area (Å²) in [7, 11) is 0. The molecule has 0 radical (unpaired) electrons. The molecule has 0 aliphatic heterocycles. The van der Waals surface area contributed by atoms with E-state index in [-0.39, 0.29) is 11.8 Å². The maximum absolute atomic E-state index is 13.1. The van der Waals surface area contributed by atoms with Crippen LogP contribution in [0.1, 0.15) is 34.5 Å². The first-order chi connectivity index (χ1) is 12.1. The minimum Gasteiger partial charge on any atom is -0.364 e. The van der Waals surface area contributed by atoms with Crippen LogP contribution in [-0.2, 0) is 0 Å². The Kier molecular flexibility index (Phi) is 4.06. The number of hydrogen-bond donors (Lipinski definition) is 1. The van der Waals surface area contributed by atoms with Gasteiger partial charge in [0.15, 0.2) is 0 Å². The average molecular weight is 393 g/mol. The van der Waals surface area contributed by atoms with Crippen LogP contribution in [0.4, 0.5) is 0 Å². The average Bonchev–Trinajstić information content (AvgIpc) is 3.29. The van der Waals surface area contributed by atoms with E-state index in [2.05, 4.69) is 40.0 Å². The van der Waals surface area contributed by atoms with Crippen LogP contribution in [-0.4, -0.2) is 15.5 Å². The number of aromatic nitrogens is 2. The fourth-order valence-corrected chi connectivity index (χ4v) is 3.69. The lowest BCUT2D eigenvalue weighted by atomic mass is 9.96. The molecule has 3 nitrogen and oxygen atoms in total. The van der Waals surface area contributed by atoms with Crippen LogP contribution in [0, 0.1) is 0 Å². The number of halogens is 1. The van der Waals surface area contributed by atoms with Crippen molar-refractivity contribution in [3.63, 3.8) is 0 Å². The van der Waals surface area contributed by atoms with Crippen LogP contribution in [0.3, 0.4) is 0 Å². The van der Waals surface area contributed by atoms with Crippen molar-refractivity contribution in [1.82, 2.24) is 9.55 Å². The molecule has 124 valence electrons. The number of H-pyrrole nitrogens is 1.